The molecule has 0 spiro atoms. The Hall–Kier alpha value is -0.710. The molecule has 1 heterocycles. The van der Waals surface area contributed by atoms with E-state index in [-0.39, 0.29) is 0 Å². The number of nitrogens with zero attached hydrogens (tertiary/aromatic N) is 2. The summed E-state index contributed by atoms with van der Waals surface area (Å²) in [6, 6.07) is 1.64. The van der Waals surface area contributed by atoms with E-state index >= 15 is 0 Å². The number of nitrogens with one attached hydrogen (secondary N) is 1. The summed E-state index contributed by atoms with van der Waals surface area (Å²) in [5.74, 6) is 6.93. The molecule has 1 aromatic rings. The highest BCUT2D eigenvalue weighted by Gasteiger charge is 2.13. The lowest BCUT2D eigenvalue weighted by Gasteiger charge is -2.22. The van der Waals surface area contributed by atoms with Crippen LogP contribution in [0.1, 0.15) is 13.8 Å². The molecule has 0 amide bonds. The summed E-state index contributed by atoms with van der Waals surface area (Å²) in [5.41, 5.74) is 2.44. The van der Waals surface area contributed by atoms with Gasteiger partial charge in [0.1, 0.15) is 5.82 Å². The quantitative estimate of drug-likeness (QED) is 0.647. The van der Waals surface area contributed by atoms with Crippen LogP contribution in [0.5, 0.6) is 0 Å². The number of rotatable bonds is 4. The Morgan fingerprint density at radius 2 is 2.06 bits per heavy atom. The van der Waals surface area contributed by atoms with Gasteiger partial charge in [0.2, 0.25) is 0 Å². The molecular formula is C10H16Cl2N4. The zero-order valence-corrected chi connectivity index (χ0v) is 11.1. The lowest BCUT2D eigenvalue weighted by molar-refractivity contribution is 0.635. The maximum Gasteiger partial charge on any atom is 0.161 e. The number of anilines is 2. The summed E-state index contributed by atoms with van der Waals surface area (Å²) in [4.78, 5) is 6.25. The second kappa shape index (κ2) is 5.57. The Balaban J connectivity index is 3.03. The van der Waals surface area contributed by atoms with E-state index in [0.29, 0.717) is 27.6 Å². The molecule has 6 heteroatoms. The van der Waals surface area contributed by atoms with Gasteiger partial charge in [-0.25, -0.2) is 10.8 Å². The summed E-state index contributed by atoms with van der Waals surface area (Å²) in [7, 11) is 1.93. The Bertz CT molecular complexity index is 368. The smallest absolute Gasteiger partial charge is 0.161 e. The zero-order valence-electron chi connectivity index (χ0n) is 9.59. The molecule has 0 aliphatic heterocycles. The van der Waals surface area contributed by atoms with Gasteiger partial charge < -0.3 is 10.3 Å². The lowest BCUT2D eigenvalue weighted by Crippen LogP contribution is -2.24. The number of nitrogen functional groups attached to an aromatic ring is 1. The summed E-state index contributed by atoms with van der Waals surface area (Å²) >= 11 is 12.0. The zero-order chi connectivity index (χ0) is 12.3. The molecule has 0 saturated heterocycles. The van der Waals surface area contributed by atoms with Crippen molar-refractivity contribution in [3.8, 4) is 0 Å². The second-order valence-corrected chi connectivity index (χ2v) is 4.86. The van der Waals surface area contributed by atoms with Gasteiger partial charge in [-0.1, -0.05) is 37.0 Å². The van der Waals surface area contributed by atoms with Crippen LogP contribution >= 0.6 is 23.2 Å². The monoisotopic (exact) mass is 262 g/mol. The Morgan fingerprint density at radius 1 is 1.44 bits per heavy atom. The van der Waals surface area contributed by atoms with Crippen molar-refractivity contribution in [3.63, 3.8) is 0 Å². The molecule has 0 fully saturated rings. The molecule has 0 unspecified atom stereocenters. The third kappa shape index (κ3) is 3.14. The van der Waals surface area contributed by atoms with Crippen LogP contribution in [0, 0.1) is 5.92 Å². The van der Waals surface area contributed by atoms with Gasteiger partial charge in [-0.05, 0) is 12.0 Å². The lowest BCUT2D eigenvalue weighted by atomic mass is 10.2. The first-order valence-electron chi connectivity index (χ1n) is 4.99. The molecule has 0 aliphatic rings. The van der Waals surface area contributed by atoms with E-state index in [1.54, 1.807) is 6.07 Å². The number of hydrogen-bond donors (Lipinski definition) is 2. The first-order chi connectivity index (χ1) is 7.45. The van der Waals surface area contributed by atoms with Gasteiger partial charge in [0.05, 0.1) is 10.0 Å². The molecule has 16 heavy (non-hydrogen) atoms. The molecule has 0 radical (unpaired) electrons. The first-order valence-corrected chi connectivity index (χ1v) is 5.75. The van der Waals surface area contributed by atoms with Crippen LogP contribution in [0.3, 0.4) is 0 Å². The standard InChI is InChI=1S/C10H16Cl2N4/c1-6(2)5-16(3)10-8(12)4-7(11)9(14-10)15-13/h4,6H,5,13H2,1-3H3,(H,14,15). The van der Waals surface area contributed by atoms with Crippen molar-refractivity contribution in [1.82, 2.24) is 4.98 Å². The van der Waals surface area contributed by atoms with Crippen LogP contribution in [0.15, 0.2) is 6.07 Å². The van der Waals surface area contributed by atoms with Crippen molar-refractivity contribution < 1.29 is 0 Å². The molecule has 0 aliphatic carbocycles. The highest BCUT2D eigenvalue weighted by molar-refractivity contribution is 6.37. The maximum atomic E-state index is 6.08. The van der Waals surface area contributed by atoms with Crippen molar-refractivity contribution in [2.75, 3.05) is 23.9 Å². The van der Waals surface area contributed by atoms with Crippen LogP contribution in [0.25, 0.3) is 0 Å². The number of hydrogen-bond acceptors (Lipinski definition) is 4. The van der Waals surface area contributed by atoms with Crippen molar-refractivity contribution >= 4 is 34.8 Å². The van der Waals surface area contributed by atoms with E-state index in [2.05, 4.69) is 24.3 Å². The molecule has 1 rings (SSSR count). The van der Waals surface area contributed by atoms with Crippen molar-refractivity contribution in [1.29, 1.82) is 0 Å². The van der Waals surface area contributed by atoms with E-state index < -0.39 is 0 Å². The van der Waals surface area contributed by atoms with E-state index in [0.717, 1.165) is 6.54 Å². The molecular weight excluding hydrogens is 247 g/mol. The molecule has 1 aromatic heterocycles. The molecule has 0 aromatic carbocycles. The fraction of sp³-hybridized carbons (Fsp3) is 0.500. The molecule has 0 saturated carbocycles. The molecule has 3 N–H and O–H groups in total. The van der Waals surface area contributed by atoms with Crippen LogP contribution in [-0.4, -0.2) is 18.6 Å². The normalized spacial score (nSPS) is 10.7. The number of nitrogens with two attached hydrogens (primary N) is 1. The van der Waals surface area contributed by atoms with Crippen molar-refractivity contribution in [2.45, 2.75) is 13.8 Å². The van der Waals surface area contributed by atoms with E-state index in [1.807, 2.05) is 11.9 Å². The van der Waals surface area contributed by atoms with Crippen LogP contribution < -0.4 is 16.2 Å². The van der Waals surface area contributed by atoms with Gasteiger partial charge in [-0.3, -0.25) is 0 Å². The van der Waals surface area contributed by atoms with Gasteiger partial charge in [0.25, 0.3) is 0 Å². The largest absolute Gasteiger partial charge is 0.358 e. The van der Waals surface area contributed by atoms with Gasteiger partial charge in [0, 0.05) is 13.6 Å². The number of pyridine rings is 1. The third-order valence-electron chi connectivity index (χ3n) is 2.05. The summed E-state index contributed by atoms with van der Waals surface area (Å²) < 4.78 is 0. The van der Waals surface area contributed by atoms with Gasteiger partial charge in [0.15, 0.2) is 5.82 Å². The second-order valence-electron chi connectivity index (χ2n) is 4.04. The maximum absolute atomic E-state index is 6.08. The van der Waals surface area contributed by atoms with Gasteiger partial charge >= 0.3 is 0 Å². The third-order valence-corrected chi connectivity index (χ3v) is 2.61. The minimum Gasteiger partial charge on any atom is -0.358 e. The Kier molecular flexibility index (Phi) is 4.65. The minimum absolute atomic E-state index is 0.411. The van der Waals surface area contributed by atoms with Gasteiger partial charge in [-0.2, -0.15) is 0 Å². The number of aromatic nitrogens is 1. The molecule has 4 nitrogen and oxygen atoms in total. The van der Waals surface area contributed by atoms with Crippen molar-refractivity contribution in [3.05, 3.63) is 16.1 Å². The average molecular weight is 263 g/mol. The van der Waals surface area contributed by atoms with E-state index in [4.69, 9.17) is 29.0 Å². The van der Waals surface area contributed by atoms with E-state index in [9.17, 15) is 0 Å². The molecule has 0 atom stereocenters. The minimum atomic E-state index is 0.411. The first kappa shape index (κ1) is 13.4. The SMILES string of the molecule is CC(C)CN(C)c1nc(NN)c(Cl)cc1Cl. The Labute approximate surface area is 106 Å². The van der Waals surface area contributed by atoms with Crippen LogP contribution in [-0.2, 0) is 0 Å². The fourth-order valence-electron chi connectivity index (χ4n) is 1.46. The number of hydrazine groups is 1. The van der Waals surface area contributed by atoms with E-state index in [1.165, 1.54) is 0 Å². The topological polar surface area (TPSA) is 54.2 Å². The highest BCUT2D eigenvalue weighted by atomic mass is 35.5. The fourth-order valence-corrected chi connectivity index (χ4v) is 2.02. The predicted molar refractivity (Wildman–Crippen MR) is 70.2 cm³/mol. The van der Waals surface area contributed by atoms with Crippen LogP contribution in [0.2, 0.25) is 10.0 Å². The molecule has 90 valence electrons. The average Bonchev–Trinajstić information content (AvgIpc) is 2.16. The number of halogens is 2. The molecule has 0 bridgehead atoms. The van der Waals surface area contributed by atoms with Crippen molar-refractivity contribution in [2.24, 2.45) is 11.8 Å². The summed E-state index contributed by atoms with van der Waals surface area (Å²) in [6.45, 7) is 5.11. The van der Waals surface area contributed by atoms with Gasteiger partial charge in [-0.15, -0.1) is 0 Å². The predicted octanol–water partition coefficient (Wildman–Crippen LogP) is 2.77. The Morgan fingerprint density at radius 3 is 2.56 bits per heavy atom. The summed E-state index contributed by atoms with van der Waals surface area (Å²) in [6.07, 6.45) is 0. The van der Waals surface area contributed by atoms with Crippen LogP contribution in [0.4, 0.5) is 11.6 Å². The summed E-state index contributed by atoms with van der Waals surface area (Å²) in [5, 5.41) is 0.932. The highest BCUT2D eigenvalue weighted by Crippen LogP contribution is 2.30.